The van der Waals surface area contributed by atoms with Crippen LogP contribution in [0.1, 0.15) is 22.3 Å². The molecule has 3 nitrogen and oxygen atoms in total. The number of rotatable bonds is 4. The lowest BCUT2D eigenvalue weighted by Crippen LogP contribution is -2.29. The van der Waals surface area contributed by atoms with Gasteiger partial charge in [-0.3, -0.25) is 0 Å². The lowest BCUT2D eigenvalue weighted by Gasteiger charge is -2.36. The van der Waals surface area contributed by atoms with Gasteiger partial charge in [-0.05, 0) is 110 Å². The van der Waals surface area contributed by atoms with Gasteiger partial charge in [-0.15, -0.1) is 0 Å². The molecule has 1 spiro atoms. The molecule has 0 fully saturated rings. The van der Waals surface area contributed by atoms with E-state index < -0.39 is 5.41 Å². The number of nitrogens with zero attached hydrogens (tertiary/aromatic N) is 1. The molecule has 64 heavy (non-hydrogen) atoms. The summed E-state index contributed by atoms with van der Waals surface area (Å²) in [4.78, 5) is 2.42. The first-order valence-electron chi connectivity index (χ1n) is 22.0. The number of fused-ring (bicyclic) bond motifs is 18. The van der Waals surface area contributed by atoms with Crippen LogP contribution >= 0.6 is 0 Å². The fraction of sp³-hybridized carbons (Fsp3) is 0.0164. The average Bonchev–Trinajstić information content (AvgIpc) is 4.00. The largest absolute Gasteiger partial charge is 0.456 e. The van der Waals surface area contributed by atoms with Crippen LogP contribution in [0.15, 0.2) is 233 Å². The fourth-order valence-corrected chi connectivity index (χ4v) is 11.3. The third-order valence-electron chi connectivity index (χ3n) is 13.9. The zero-order chi connectivity index (χ0) is 41.9. The van der Waals surface area contributed by atoms with Crippen molar-refractivity contribution in [1.29, 1.82) is 0 Å². The van der Waals surface area contributed by atoms with Gasteiger partial charge in [0.1, 0.15) is 16.7 Å². The minimum absolute atomic E-state index is 0.659. The maximum atomic E-state index is 6.85. The highest BCUT2D eigenvalue weighted by molar-refractivity contribution is 6.12. The Hall–Kier alpha value is -8.40. The Morgan fingerprint density at radius 1 is 0.297 bits per heavy atom. The summed E-state index contributed by atoms with van der Waals surface area (Å²) in [6.07, 6.45) is 0. The lowest BCUT2D eigenvalue weighted by molar-refractivity contribution is 0.668. The van der Waals surface area contributed by atoms with Gasteiger partial charge in [0.05, 0.1) is 16.8 Å². The molecule has 12 aromatic rings. The van der Waals surface area contributed by atoms with E-state index in [0.717, 1.165) is 72.1 Å². The van der Waals surface area contributed by atoms with Gasteiger partial charge < -0.3 is 13.7 Å². The first-order chi connectivity index (χ1) is 31.8. The molecule has 2 heterocycles. The summed E-state index contributed by atoms with van der Waals surface area (Å²) in [5.74, 6) is 0. The summed E-state index contributed by atoms with van der Waals surface area (Å²) in [6, 6.07) is 81.8. The quantitative estimate of drug-likeness (QED) is 0.177. The monoisotopic (exact) mass is 815 g/mol. The predicted octanol–water partition coefficient (Wildman–Crippen LogP) is 16.6. The highest BCUT2D eigenvalue weighted by Gasteiger charge is 2.50. The Labute approximate surface area is 369 Å². The van der Waals surface area contributed by atoms with Crippen LogP contribution in [0.5, 0.6) is 0 Å². The van der Waals surface area contributed by atoms with Crippen LogP contribution in [0.25, 0.3) is 88.4 Å². The normalized spacial score (nSPS) is 14.6. The van der Waals surface area contributed by atoms with Gasteiger partial charge in [0.15, 0.2) is 5.58 Å². The molecule has 2 aliphatic rings. The maximum Gasteiger partial charge on any atom is 0.159 e. The Morgan fingerprint density at radius 3 is 1.59 bits per heavy atom. The van der Waals surface area contributed by atoms with E-state index >= 15 is 0 Å². The molecule has 14 rings (SSSR count). The van der Waals surface area contributed by atoms with Crippen molar-refractivity contribution < 1.29 is 8.83 Å². The van der Waals surface area contributed by atoms with E-state index in [1.165, 1.54) is 55.6 Å². The smallest absolute Gasteiger partial charge is 0.159 e. The van der Waals surface area contributed by atoms with E-state index in [1.807, 2.05) is 6.07 Å². The van der Waals surface area contributed by atoms with Crippen molar-refractivity contribution >= 4 is 60.9 Å². The van der Waals surface area contributed by atoms with Gasteiger partial charge in [0, 0.05) is 32.8 Å². The highest BCUT2D eigenvalue weighted by atomic mass is 16.3. The molecule has 298 valence electrons. The summed E-state index contributed by atoms with van der Waals surface area (Å²) in [5.41, 5.74) is 20.5. The number of hydrogen-bond acceptors (Lipinski definition) is 3. The predicted molar refractivity (Wildman–Crippen MR) is 263 cm³/mol. The van der Waals surface area contributed by atoms with Gasteiger partial charge in [-0.2, -0.15) is 0 Å². The summed E-state index contributed by atoms with van der Waals surface area (Å²) >= 11 is 0. The minimum Gasteiger partial charge on any atom is -0.456 e. The van der Waals surface area contributed by atoms with E-state index in [4.69, 9.17) is 8.83 Å². The molecule has 1 unspecified atom stereocenters. The first-order valence-corrected chi connectivity index (χ1v) is 22.0. The summed E-state index contributed by atoms with van der Waals surface area (Å²) in [6.45, 7) is 0. The molecule has 0 saturated carbocycles. The van der Waals surface area contributed by atoms with Crippen LogP contribution in [0.2, 0.25) is 0 Å². The highest BCUT2D eigenvalue weighted by Crippen LogP contribution is 2.63. The van der Waals surface area contributed by atoms with Crippen molar-refractivity contribution in [1.82, 2.24) is 0 Å². The summed E-state index contributed by atoms with van der Waals surface area (Å²) in [5, 5.41) is 4.44. The number of anilines is 3. The maximum absolute atomic E-state index is 6.85. The van der Waals surface area contributed by atoms with Crippen LogP contribution in [-0.4, -0.2) is 0 Å². The van der Waals surface area contributed by atoms with E-state index in [0.29, 0.717) is 0 Å². The van der Waals surface area contributed by atoms with Gasteiger partial charge in [0.25, 0.3) is 0 Å². The topological polar surface area (TPSA) is 29.5 Å². The second-order valence-corrected chi connectivity index (χ2v) is 17.1. The Morgan fingerprint density at radius 2 is 0.828 bits per heavy atom. The number of para-hydroxylation sites is 4. The number of furan rings is 2. The van der Waals surface area contributed by atoms with Gasteiger partial charge in [-0.25, -0.2) is 0 Å². The van der Waals surface area contributed by atoms with E-state index in [1.54, 1.807) is 0 Å². The van der Waals surface area contributed by atoms with Crippen molar-refractivity contribution in [3.05, 3.63) is 247 Å². The van der Waals surface area contributed by atoms with Crippen LogP contribution < -0.4 is 4.90 Å². The Bertz CT molecular complexity index is 3870. The molecule has 3 heteroatoms. The molecular formula is C61H37NO2. The minimum atomic E-state index is -0.659. The summed E-state index contributed by atoms with van der Waals surface area (Å²) in [7, 11) is 0. The van der Waals surface area contributed by atoms with Crippen LogP contribution in [0, 0.1) is 0 Å². The van der Waals surface area contributed by atoms with Gasteiger partial charge >= 0.3 is 0 Å². The summed E-state index contributed by atoms with van der Waals surface area (Å²) < 4.78 is 13.4. The van der Waals surface area contributed by atoms with Crippen molar-refractivity contribution in [2.45, 2.75) is 5.41 Å². The van der Waals surface area contributed by atoms with Crippen molar-refractivity contribution in [2.24, 2.45) is 0 Å². The van der Waals surface area contributed by atoms with E-state index in [-0.39, 0.29) is 0 Å². The molecule has 0 N–H and O–H groups in total. The first kappa shape index (κ1) is 35.2. The zero-order valence-electron chi connectivity index (χ0n) is 34.6. The second kappa shape index (κ2) is 13.3. The van der Waals surface area contributed by atoms with Gasteiger partial charge in [0.2, 0.25) is 0 Å². The molecule has 10 aromatic carbocycles. The Balaban J connectivity index is 1.11. The Kier molecular flexibility index (Phi) is 7.32. The molecule has 0 amide bonds. The average molecular weight is 816 g/mol. The number of benzene rings is 10. The molecule has 0 bridgehead atoms. The molecular weight excluding hydrogens is 779 g/mol. The zero-order valence-corrected chi connectivity index (χ0v) is 34.6. The SMILES string of the molecule is c1ccc(-c2ccccc2N(c2ccc3c(c2)-c2ccccc2-c2ccccc2C32c3ccccc3-c3cc4oc5ccccc5c4cc32)c2cccc3c2oc2ccccc23)cc1. The molecule has 0 saturated heterocycles. The van der Waals surface area contributed by atoms with Gasteiger partial charge in [-0.1, -0.05) is 176 Å². The third-order valence-corrected chi connectivity index (χ3v) is 13.9. The lowest BCUT2D eigenvalue weighted by atomic mass is 9.65. The van der Waals surface area contributed by atoms with Crippen molar-refractivity contribution in [3.8, 4) is 44.5 Å². The molecule has 0 aliphatic heterocycles. The third kappa shape index (κ3) is 4.76. The van der Waals surface area contributed by atoms with Crippen LogP contribution in [-0.2, 0) is 5.41 Å². The van der Waals surface area contributed by atoms with Crippen LogP contribution in [0.3, 0.4) is 0 Å². The molecule has 2 aromatic heterocycles. The van der Waals surface area contributed by atoms with Crippen LogP contribution in [0.4, 0.5) is 17.1 Å². The second-order valence-electron chi connectivity index (χ2n) is 17.1. The fourth-order valence-electron chi connectivity index (χ4n) is 11.3. The number of hydrogen-bond donors (Lipinski definition) is 0. The standard InChI is InChI=1S/C61H37NO2/c1-2-17-38(18-3-1)40-19-8-13-29-55(40)62(56-30-16-26-47-45-24-9-15-32-58(45)64-60(47)56)39-33-34-53-48(35-39)42-21-5-4-20-41(42)43-22-6-11-27-51(43)61(53)52-28-12-7-23-44(52)49-37-59-50(36-54(49)61)46-25-10-14-31-57(46)63-59/h1-37H. The molecule has 0 radical (unpaired) electrons. The molecule has 2 aliphatic carbocycles. The van der Waals surface area contributed by atoms with E-state index in [9.17, 15) is 0 Å². The van der Waals surface area contributed by atoms with E-state index in [2.05, 4.69) is 223 Å². The molecule has 1 atom stereocenters. The van der Waals surface area contributed by atoms with Crippen molar-refractivity contribution in [3.63, 3.8) is 0 Å². The van der Waals surface area contributed by atoms with Crippen molar-refractivity contribution in [2.75, 3.05) is 4.90 Å².